The second-order valence-corrected chi connectivity index (χ2v) is 3.77. The summed E-state index contributed by atoms with van der Waals surface area (Å²) in [6.45, 7) is 8.60. The van der Waals surface area contributed by atoms with E-state index in [-0.39, 0.29) is 17.6 Å². The first-order chi connectivity index (χ1) is 4.95. The van der Waals surface area contributed by atoms with Crippen LogP contribution in [0.5, 0.6) is 0 Å². The lowest BCUT2D eigenvalue weighted by atomic mass is 10.2. The van der Waals surface area contributed by atoms with Crippen molar-refractivity contribution in [3.8, 4) is 0 Å². The Hall–Kier alpha value is -0.570. The molecule has 1 rings (SSSR count). The van der Waals surface area contributed by atoms with Gasteiger partial charge in [-0.05, 0) is 27.7 Å². The van der Waals surface area contributed by atoms with Crippen LogP contribution in [0.1, 0.15) is 27.7 Å². The monoisotopic (exact) mass is 156 g/mol. The molecule has 0 aliphatic carbocycles. The molecule has 0 aromatic rings. The van der Waals surface area contributed by atoms with Crippen LogP contribution in [0.4, 0.5) is 0 Å². The zero-order valence-electron chi connectivity index (χ0n) is 7.64. The average molecular weight is 156 g/mol. The van der Waals surface area contributed by atoms with E-state index < -0.39 is 0 Å². The van der Waals surface area contributed by atoms with Gasteiger partial charge >= 0.3 is 0 Å². The lowest BCUT2D eigenvalue weighted by Gasteiger charge is -2.34. The minimum Gasteiger partial charge on any atom is -0.321 e. The molecule has 11 heavy (non-hydrogen) atoms. The Morgan fingerprint density at radius 2 is 2.09 bits per heavy atom. The van der Waals surface area contributed by atoms with Crippen molar-refractivity contribution in [2.24, 2.45) is 0 Å². The van der Waals surface area contributed by atoms with Gasteiger partial charge in [-0.1, -0.05) is 0 Å². The van der Waals surface area contributed by atoms with Gasteiger partial charge in [0.1, 0.15) is 0 Å². The molecule has 1 saturated heterocycles. The molecule has 0 unspecified atom stereocenters. The molecule has 1 heterocycles. The van der Waals surface area contributed by atoms with E-state index >= 15 is 0 Å². The molecular weight excluding hydrogens is 140 g/mol. The van der Waals surface area contributed by atoms with E-state index in [1.54, 1.807) is 0 Å². The summed E-state index contributed by atoms with van der Waals surface area (Å²) in [5.74, 6) is 0.199. The highest BCUT2D eigenvalue weighted by Gasteiger charge is 2.38. The number of carbonyl (C=O) groups is 1. The van der Waals surface area contributed by atoms with Gasteiger partial charge in [-0.25, -0.2) is 0 Å². The van der Waals surface area contributed by atoms with E-state index in [0.717, 1.165) is 0 Å². The van der Waals surface area contributed by atoms with Crippen LogP contribution in [0.2, 0.25) is 0 Å². The average Bonchev–Trinajstić information content (AvgIpc) is 2.06. The molecule has 1 aliphatic rings. The van der Waals surface area contributed by atoms with Gasteiger partial charge in [-0.2, -0.15) is 0 Å². The minimum absolute atomic E-state index is 0.161. The van der Waals surface area contributed by atoms with E-state index in [2.05, 4.69) is 5.32 Å². The summed E-state index contributed by atoms with van der Waals surface area (Å²) >= 11 is 0. The molecule has 64 valence electrons. The Morgan fingerprint density at radius 1 is 1.55 bits per heavy atom. The molecule has 0 atom stereocenters. The fourth-order valence-electron chi connectivity index (χ4n) is 1.71. The highest BCUT2D eigenvalue weighted by atomic mass is 16.2. The van der Waals surface area contributed by atoms with E-state index in [4.69, 9.17) is 0 Å². The molecule has 1 N–H and O–H groups in total. The van der Waals surface area contributed by atoms with Crippen molar-refractivity contribution in [1.29, 1.82) is 0 Å². The highest BCUT2D eigenvalue weighted by molar-refractivity contribution is 5.81. The Kier molecular flexibility index (Phi) is 1.92. The van der Waals surface area contributed by atoms with Gasteiger partial charge < -0.3 is 4.90 Å². The minimum atomic E-state index is -0.161. The lowest BCUT2D eigenvalue weighted by Crippen LogP contribution is -2.50. The van der Waals surface area contributed by atoms with Gasteiger partial charge in [0.2, 0.25) is 5.91 Å². The molecule has 0 aromatic carbocycles. The number of rotatable bonds is 1. The number of nitrogens with zero attached hydrogens (tertiary/aromatic N) is 1. The number of nitrogens with one attached hydrogen (secondary N) is 1. The van der Waals surface area contributed by atoms with Crippen molar-refractivity contribution >= 4 is 5.91 Å². The molecule has 0 radical (unpaired) electrons. The van der Waals surface area contributed by atoms with E-state index in [1.807, 2.05) is 32.6 Å². The van der Waals surface area contributed by atoms with Crippen LogP contribution in [0.25, 0.3) is 0 Å². The second kappa shape index (κ2) is 2.48. The third kappa shape index (κ3) is 1.38. The summed E-state index contributed by atoms with van der Waals surface area (Å²) in [5, 5.41) is 3.15. The van der Waals surface area contributed by atoms with Crippen LogP contribution in [0.3, 0.4) is 0 Å². The number of hydrogen-bond acceptors (Lipinski definition) is 2. The van der Waals surface area contributed by atoms with Crippen LogP contribution in [0, 0.1) is 0 Å². The lowest BCUT2D eigenvalue weighted by molar-refractivity contribution is -0.131. The van der Waals surface area contributed by atoms with Crippen molar-refractivity contribution < 1.29 is 4.79 Å². The van der Waals surface area contributed by atoms with E-state index in [9.17, 15) is 4.79 Å². The standard InChI is InChI=1S/C8H16N2O/c1-6(2)10-7(11)5-9-8(10,3)4/h6,9H,5H2,1-4H3. The molecule has 3 nitrogen and oxygen atoms in total. The van der Waals surface area contributed by atoms with Crippen molar-refractivity contribution in [3.63, 3.8) is 0 Å². The first-order valence-electron chi connectivity index (χ1n) is 4.02. The van der Waals surface area contributed by atoms with Crippen molar-refractivity contribution in [1.82, 2.24) is 10.2 Å². The van der Waals surface area contributed by atoms with Gasteiger partial charge in [0.25, 0.3) is 0 Å². The Morgan fingerprint density at radius 3 is 2.27 bits per heavy atom. The maximum absolute atomic E-state index is 11.3. The van der Waals surface area contributed by atoms with Gasteiger partial charge in [0, 0.05) is 6.04 Å². The fraction of sp³-hybridized carbons (Fsp3) is 0.875. The molecule has 0 spiro atoms. The van der Waals surface area contributed by atoms with Crippen LogP contribution in [-0.4, -0.2) is 29.1 Å². The normalized spacial score (nSPS) is 23.4. The van der Waals surface area contributed by atoms with Crippen molar-refractivity contribution in [3.05, 3.63) is 0 Å². The SMILES string of the molecule is CC(C)N1C(=O)CNC1(C)C. The number of amides is 1. The fourth-order valence-corrected chi connectivity index (χ4v) is 1.71. The maximum atomic E-state index is 11.3. The van der Waals surface area contributed by atoms with Crippen LogP contribution in [-0.2, 0) is 4.79 Å². The number of carbonyl (C=O) groups excluding carboxylic acids is 1. The summed E-state index contributed by atoms with van der Waals surface area (Å²) in [5.41, 5.74) is -0.161. The topological polar surface area (TPSA) is 32.3 Å². The maximum Gasteiger partial charge on any atom is 0.238 e. The molecule has 0 aromatic heterocycles. The van der Waals surface area contributed by atoms with Crippen LogP contribution < -0.4 is 5.32 Å². The van der Waals surface area contributed by atoms with Crippen LogP contribution in [0.15, 0.2) is 0 Å². The van der Waals surface area contributed by atoms with Crippen molar-refractivity contribution in [2.45, 2.75) is 39.4 Å². The van der Waals surface area contributed by atoms with Gasteiger partial charge in [-0.15, -0.1) is 0 Å². The van der Waals surface area contributed by atoms with E-state index in [0.29, 0.717) is 6.54 Å². The summed E-state index contributed by atoms with van der Waals surface area (Å²) < 4.78 is 0. The quantitative estimate of drug-likeness (QED) is 0.601. The largest absolute Gasteiger partial charge is 0.321 e. The first kappa shape index (κ1) is 8.53. The highest BCUT2D eigenvalue weighted by Crippen LogP contribution is 2.19. The molecule has 1 amide bonds. The van der Waals surface area contributed by atoms with Gasteiger partial charge in [-0.3, -0.25) is 10.1 Å². The smallest absolute Gasteiger partial charge is 0.238 e. The van der Waals surface area contributed by atoms with Crippen molar-refractivity contribution in [2.75, 3.05) is 6.54 Å². The van der Waals surface area contributed by atoms with E-state index in [1.165, 1.54) is 0 Å². The molecule has 0 bridgehead atoms. The summed E-state index contributed by atoms with van der Waals surface area (Å²) in [4.78, 5) is 13.2. The Balaban J connectivity index is 2.80. The second-order valence-electron chi connectivity index (χ2n) is 3.77. The molecule has 1 fully saturated rings. The third-order valence-corrected chi connectivity index (χ3v) is 2.06. The molecule has 3 heteroatoms. The van der Waals surface area contributed by atoms with Gasteiger partial charge in [0.05, 0.1) is 12.2 Å². The third-order valence-electron chi connectivity index (χ3n) is 2.06. The van der Waals surface area contributed by atoms with Crippen LogP contribution >= 0.6 is 0 Å². The number of hydrogen-bond donors (Lipinski definition) is 1. The summed E-state index contributed by atoms with van der Waals surface area (Å²) in [6.07, 6.45) is 0. The molecule has 0 saturated carbocycles. The zero-order chi connectivity index (χ0) is 8.65. The predicted molar refractivity (Wildman–Crippen MR) is 44.1 cm³/mol. The summed E-state index contributed by atoms with van der Waals surface area (Å²) in [7, 11) is 0. The Labute approximate surface area is 67.8 Å². The summed E-state index contributed by atoms with van der Waals surface area (Å²) in [6, 6.07) is 0.285. The van der Waals surface area contributed by atoms with Gasteiger partial charge in [0.15, 0.2) is 0 Å². The molecular formula is C8H16N2O. The predicted octanol–water partition coefficient (Wildman–Crippen LogP) is 0.563. The molecule has 1 aliphatic heterocycles. The Bertz CT molecular complexity index is 175. The zero-order valence-corrected chi connectivity index (χ0v) is 7.64. The first-order valence-corrected chi connectivity index (χ1v) is 4.02.